The number of nitrogens with one attached hydrogen (secondary N) is 2. The molecule has 0 spiro atoms. The van der Waals surface area contributed by atoms with E-state index in [0.29, 0.717) is 12.2 Å². The van der Waals surface area contributed by atoms with Gasteiger partial charge in [0.15, 0.2) is 0 Å². The predicted octanol–water partition coefficient (Wildman–Crippen LogP) is -3.14. The average Bonchev–Trinajstić information content (AvgIpc) is 3.18. The van der Waals surface area contributed by atoms with Crippen molar-refractivity contribution in [2.75, 3.05) is 18.6 Å². The Hall–Kier alpha value is -2.87. The summed E-state index contributed by atoms with van der Waals surface area (Å²) in [7, 11) is 0. The molecule has 0 aliphatic carbocycles. The van der Waals surface area contributed by atoms with E-state index < -0.39 is 66.1 Å². The number of rotatable bonds is 13. The summed E-state index contributed by atoms with van der Waals surface area (Å²) < 4.78 is 0. The Balaban J connectivity index is 2.91. The van der Waals surface area contributed by atoms with E-state index in [2.05, 4.69) is 10.6 Å². The Morgan fingerprint density at radius 2 is 1.69 bits per heavy atom. The molecule has 1 saturated heterocycles. The lowest BCUT2D eigenvalue weighted by Crippen LogP contribution is -2.57. The van der Waals surface area contributed by atoms with Crippen LogP contribution in [0.5, 0.6) is 0 Å². The second-order valence-corrected chi connectivity index (χ2v) is 8.36. The van der Waals surface area contributed by atoms with Crippen LogP contribution in [0.2, 0.25) is 0 Å². The lowest BCUT2D eigenvalue weighted by molar-refractivity contribution is -0.143. The Kier molecular flexibility index (Phi) is 10.9. The number of amides is 5. The zero-order valence-corrected chi connectivity index (χ0v) is 18.6. The number of thioether (sulfide) groups is 1. The van der Waals surface area contributed by atoms with Crippen LogP contribution in [0.4, 0.5) is 0 Å². The molecule has 0 aromatic heterocycles. The van der Waals surface area contributed by atoms with Gasteiger partial charge in [-0.1, -0.05) is 0 Å². The Morgan fingerprint density at radius 3 is 2.22 bits per heavy atom. The highest BCUT2D eigenvalue weighted by Gasteiger charge is 2.38. The van der Waals surface area contributed by atoms with Gasteiger partial charge in [-0.05, 0) is 31.3 Å². The number of aliphatic carboxylic acids is 1. The lowest BCUT2D eigenvalue weighted by atomic mass is 10.1. The standard InChI is InChI=1S/C18H30N6O7S/c1-32-6-4-10(18(30)31)22-15(27)11(8-14(21)26)23-16(28)12-3-2-5-24(12)17(29)9(19)7-13(20)25/h9-12H,2-8,19H2,1H3,(H2,20,25)(H2,21,26)(H,22,27)(H,23,28)(H,30,31). The summed E-state index contributed by atoms with van der Waals surface area (Å²) in [5.41, 5.74) is 15.9. The molecule has 5 amide bonds. The summed E-state index contributed by atoms with van der Waals surface area (Å²) in [6.45, 7) is 0.214. The first-order chi connectivity index (χ1) is 15.0. The molecule has 0 aromatic carbocycles. The molecular weight excluding hydrogens is 444 g/mol. The van der Waals surface area contributed by atoms with Gasteiger partial charge < -0.3 is 37.8 Å². The second kappa shape index (κ2) is 12.9. The van der Waals surface area contributed by atoms with E-state index in [4.69, 9.17) is 17.2 Å². The maximum absolute atomic E-state index is 12.8. The Bertz CT molecular complexity index is 749. The molecule has 1 aliphatic heterocycles. The molecule has 1 aliphatic rings. The third-order valence-corrected chi connectivity index (χ3v) is 5.48. The first kappa shape index (κ1) is 27.2. The van der Waals surface area contributed by atoms with Crippen LogP contribution >= 0.6 is 11.8 Å². The van der Waals surface area contributed by atoms with Crippen molar-refractivity contribution in [3.63, 3.8) is 0 Å². The largest absolute Gasteiger partial charge is 0.480 e. The molecule has 1 rings (SSSR count). The summed E-state index contributed by atoms with van der Waals surface area (Å²) in [6, 6.07) is -4.82. The van der Waals surface area contributed by atoms with Crippen LogP contribution in [0, 0.1) is 0 Å². The topological polar surface area (TPSA) is 228 Å². The molecule has 180 valence electrons. The van der Waals surface area contributed by atoms with E-state index in [-0.39, 0.29) is 25.8 Å². The second-order valence-electron chi connectivity index (χ2n) is 7.38. The summed E-state index contributed by atoms with van der Waals surface area (Å²) in [6.07, 6.45) is 1.73. The minimum Gasteiger partial charge on any atom is -0.480 e. The molecule has 0 radical (unpaired) electrons. The number of carboxylic acid groups (broad SMARTS) is 1. The molecule has 32 heavy (non-hydrogen) atoms. The maximum Gasteiger partial charge on any atom is 0.326 e. The first-order valence-electron chi connectivity index (χ1n) is 9.93. The number of nitrogens with two attached hydrogens (primary N) is 3. The summed E-state index contributed by atoms with van der Waals surface area (Å²) in [5.74, 6) is -4.68. The smallest absolute Gasteiger partial charge is 0.326 e. The van der Waals surface area contributed by atoms with Crippen LogP contribution in [0.1, 0.15) is 32.1 Å². The fourth-order valence-electron chi connectivity index (χ4n) is 3.26. The van der Waals surface area contributed by atoms with Crippen LogP contribution in [0.3, 0.4) is 0 Å². The predicted molar refractivity (Wildman–Crippen MR) is 115 cm³/mol. The third kappa shape index (κ3) is 8.34. The number of carbonyl (C=O) groups excluding carboxylic acids is 5. The Labute approximate surface area is 189 Å². The number of likely N-dealkylation sites (tertiary alicyclic amines) is 1. The molecule has 4 unspecified atom stereocenters. The molecule has 4 atom stereocenters. The highest BCUT2D eigenvalue weighted by atomic mass is 32.2. The molecular formula is C18H30N6O7S. The van der Waals surface area contributed by atoms with Gasteiger partial charge >= 0.3 is 5.97 Å². The molecule has 14 heteroatoms. The quantitative estimate of drug-likeness (QED) is 0.158. The van der Waals surface area contributed by atoms with Gasteiger partial charge in [-0.25, -0.2) is 4.79 Å². The van der Waals surface area contributed by atoms with Gasteiger partial charge in [-0.3, -0.25) is 24.0 Å². The van der Waals surface area contributed by atoms with Crippen molar-refractivity contribution < 1.29 is 33.9 Å². The van der Waals surface area contributed by atoms with Gasteiger partial charge in [-0.15, -0.1) is 0 Å². The SMILES string of the molecule is CSCCC(NC(=O)C(CC(N)=O)NC(=O)C1CCCN1C(=O)C(N)CC(N)=O)C(=O)O. The number of primary amides is 2. The van der Waals surface area contributed by atoms with Crippen molar-refractivity contribution in [1.82, 2.24) is 15.5 Å². The van der Waals surface area contributed by atoms with E-state index in [1.165, 1.54) is 16.7 Å². The molecule has 1 heterocycles. The van der Waals surface area contributed by atoms with Crippen LogP contribution in [0.25, 0.3) is 0 Å². The van der Waals surface area contributed by atoms with Crippen molar-refractivity contribution >= 4 is 47.3 Å². The number of carboxylic acids is 1. The van der Waals surface area contributed by atoms with Gasteiger partial charge in [-0.2, -0.15) is 11.8 Å². The van der Waals surface area contributed by atoms with Crippen molar-refractivity contribution in [2.24, 2.45) is 17.2 Å². The minimum atomic E-state index is -1.42. The third-order valence-electron chi connectivity index (χ3n) is 4.84. The van der Waals surface area contributed by atoms with Gasteiger partial charge in [0.25, 0.3) is 0 Å². The minimum absolute atomic E-state index is 0.141. The van der Waals surface area contributed by atoms with Crippen LogP contribution < -0.4 is 27.8 Å². The van der Waals surface area contributed by atoms with Crippen LogP contribution in [-0.4, -0.2) is 88.2 Å². The lowest BCUT2D eigenvalue weighted by Gasteiger charge is -2.28. The van der Waals surface area contributed by atoms with Crippen molar-refractivity contribution in [1.29, 1.82) is 0 Å². The number of nitrogens with zero attached hydrogens (tertiary/aromatic N) is 1. The monoisotopic (exact) mass is 474 g/mol. The summed E-state index contributed by atoms with van der Waals surface area (Å²) in [4.78, 5) is 72.9. The van der Waals surface area contributed by atoms with Gasteiger partial charge in [0, 0.05) is 6.54 Å². The van der Waals surface area contributed by atoms with Gasteiger partial charge in [0.05, 0.1) is 18.9 Å². The normalized spacial score (nSPS) is 18.3. The number of hydrogen-bond donors (Lipinski definition) is 6. The zero-order valence-electron chi connectivity index (χ0n) is 17.7. The number of hydrogen-bond acceptors (Lipinski definition) is 8. The fraction of sp³-hybridized carbons (Fsp3) is 0.667. The molecule has 0 saturated carbocycles. The van der Waals surface area contributed by atoms with E-state index in [9.17, 15) is 33.9 Å². The van der Waals surface area contributed by atoms with Gasteiger partial charge in [0.2, 0.25) is 29.5 Å². The van der Waals surface area contributed by atoms with E-state index >= 15 is 0 Å². The zero-order chi connectivity index (χ0) is 24.4. The van der Waals surface area contributed by atoms with Crippen LogP contribution in [0.15, 0.2) is 0 Å². The molecule has 9 N–H and O–H groups in total. The van der Waals surface area contributed by atoms with E-state index in [1.807, 2.05) is 0 Å². The van der Waals surface area contributed by atoms with Crippen molar-refractivity contribution in [3.05, 3.63) is 0 Å². The fourth-order valence-corrected chi connectivity index (χ4v) is 3.74. The van der Waals surface area contributed by atoms with Crippen molar-refractivity contribution in [3.8, 4) is 0 Å². The summed E-state index contributed by atoms with van der Waals surface area (Å²) >= 11 is 1.39. The summed E-state index contributed by atoms with van der Waals surface area (Å²) in [5, 5.41) is 14.0. The first-order valence-corrected chi connectivity index (χ1v) is 11.3. The van der Waals surface area contributed by atoms with E-state index in [0.717, 1.165) is 0 Å². The highest BCUT2D eigenvalue weighted by molar-refractivity contribution is 7.98. The molecule has 0 bridgehead atoms. The van der Waals surface area contributed by atoms with Crippen molar-refractivity contribution in [2.45, 2.75) is 56.3 Å². The highest BCUT2D eigenvalue weighted by Crippen LogP contribution is 2.19. The van der Waals surface area contributed by atoms with E-state index in [1.54, 1.807) is 6.26 Å². The number of carbonyl (C=O) groups is 6. The molecule has 1 fully saturated rings. The van der Waals surface area contributed by atoms with Gasteiger partial charge in [0.1, 0.15) is 18.1 Å². The molecule has 13 nitrogen and oxygen atoms in total. The average molecular weight is 475 g/mol. The maximum atomic E-state index is 12.8. The molecule has 0 aromatic rings. The van der Waals surface area contributed by atoms with Crippen LogP contribution in [-0.2, 0) is 28.8 Å². The Morgan fingerprint density at radius 1 is 1.06 bits per heavy atom.